The maximum absolute atomic E-state index is 16.3. The largest absolute Gasteiger partial charge is 0.496 e. The van der Waals surface area contributed by atoms with Gasteiger partial charge in [-0.15, -0.1) is 11.3 Å². The number of thiazole rings is 1. The van der Waals surface area contributed by atoms with Crippen LogP contribution in [0.4, 0.5) is 9.18 Å². The number of rotatable bonds is 7. The van der Waals surface area contributed by atoms with Gasteiger partial charge in [0.25, 0.3) is 0 Å². The number of aromatic carboxylic acids is 1. The van der Waals surface area contributed by atoms with Gasteiger partial charge in [0.15, 0.2) is 5.69 Å². The minimum Gasteiger partial charge on any atom is -0.496 e. The molecule has 1 saturated heterocycles. The van der Waals surface area contributed by atoms with Crippen molar-refractivity contribution in [3.05, 3.63) is 58.9 Å². The molecule has 0 spiro atoms. The van der Waals surface area contributed by atoms with Crippen LogP contribution in [-0.2, 0) is 16.0 Å². The van der Waals surface area contributed by atoms with Crippen LogP contribution in [0.5, 0.6) is 5.75 Å². The van der Waals surface area contributed by atoms with Crippen LogP contribution in [0.2, 0.25) is 0 Å². The predicted octanol–water partition coefficient (Wildman–Crippen LogP) is 6.53. The standard InChI is InChI=1S/C31H33FN4O6S/c1-31(2,3)42-30(39)36(4)16-22-27(17-9-12-41-13-10-17)43-28(35-22)21-15-34-26(29(37)38)24-18(21)6-7-19(25(24)32)20-14-33-11-8-23(20)40-5/h6-8,11,14-15,17H,9-10,12-13,16H2,1-5H3,(H,37,38). The quantitative estimate of drug-likeness (QED) is 0.249. The molecule has 4 heterocycles. The number of hydrogen-bond donors (Lipinski definition) is 1. The fraction of sp³-hybridized carbons (Fsp3) is 0.387. The molecule has 0 aliphatic carbocycles. The number of carbonyl (C=O) groups excluding carboxylic acids is 1. The Morgan fingerprint density at radius 2 is 1.88 bits per heavy atom. The Kier molecular flexibility index (Phi) is 8.61. The lowest BCUT2D eigenvalue weighted by atomic mass is 9.97. The molecule has 0 radical (unpaired) electrons. The molecular formula is C31H33FN4O6S. The zero-order chi connectivity index (χ0) is 30.9. The highest BCUT2D eigenvalue weighted by molar-refractivity contribution is 7.15. The number of halogens is 1. The SMILES string of the molecule is COc1ccncc1-c1ccc2c(-c3nc(CN(C)C(=O)OC(C)(C)C)c(C4CCOCC4)s3)cnc(C(=O)O)c2c1F. The lowest BCUT2D eigenvalue weighted by molar-refractivity contribution is 0.0281. The van der Waals surface area contributed by atoms with Gasteiger partial charge in [0.05, 0.1) is 24.7 Å². The van der Waals surface area contributed by atoms with Gasteiger partial charge in [-0.05, 0) is 51.0 Å². The third-order valence-electron chi connectivity index (χ3n) is 7.13. The number of methoxy groups -OCH3 is 1. The third-order valence-corrected chi connectivity index (χ3v) is 8.42. The molecule has 226 valence electrons. The van der Waals surface area contributed by atoms with Gasteiger partial charge in [-0.1, -0.05) is 12.1 Å². The Morgan fingerprint density at radius 1 is 1.14 bits per heavy atom. The van der Waals surface area contributed by atoms with E-state index >= 15 is 4.39 Å². The van der Waals surface area contributed by atoms with Crippen molar-refractivity contribution in [3.63, 3.8) is 0 Å². The fourth-order valence-electron chi connectivity index (χ4n) is 5.10. The minimum atomic E-state index is -1.35. The first-order valence-electron chi connectivity index (χ1n) is 13.8. The number of fused-ring (bicyclic) bond motifs is 1. The minimum absolute atomic E-state index is 0.136. The number of carboxylic acids is 1. The van der Waals surface area contributed by atoms with Crippen LogP contribution in [0.3, 0.4) is 0 Å². The first-order valence-corrected chi connectivity index (χ1v) is 14.6. The molecule has 0 bridgehead atoms. The summed E-state index contributed by atoms with van der Waals surface area (Å²) < 4.78 is 32.8. The van der Waals surface area contributed by atoms with Crippen molar-refractivity contribution in [1.29, 1.82) is 0 Å². The molecule has 1 aromatic carbocycles. The first-order chi connectivity index (χ1) is 20.5. The molecular weight excluding hydrogens is 575 g/mol. The second kappa shape index (κ2) is 12.2. The van der Waals surface area contributed by atoms with Gasteiger partial charge in [0, 0.05) is 60.4 Å². The Bertz CT molecular complexity index is 1680. The van der Waals surface area contributed by atoms with E-state index in [2.05, 4.69) is 9.97 Å². The van der Waals surface area contributed by atoms with Crippen LogP contribution < -0.4 is 4.74 Å². The Hall–Kier alpha value is -4.16. The number of pyridine rings is 2. The van der Waals surface area contributed by atoms with E-state index in [1.165, 1.54) is 41.9 Å². The molecule has 12 heteroatoms. The zero-order valence-corrected chi connectivity index (χ0v) is 25.5. The number of hydrogen-bond acceptors (Lipinski definition) is 9. The van der Waals surface area contributed by atoms with Gasteiger partial charge in [-0.3, -0.25) is 4.98 Å². The number of amides is 1. The van der Waals surface area contributed by atoms with E-state index in [4.69, 9.17) is 19.2 Å². The van der Waals surface area contributed by atoms with Crippen LogP contribution in [-0.4, -0.2) is 70.0 Å². The monoisotopic (exact) mass is 608 g/mol. The number of carboxylic acid groups (broad SMARTS) is 1. The third kappa shape index (κ3) is 6.30. The van der Waals surface area contributed by atoms with Gasteiger partial charge in [0.1, 0.15) is 22.2 Å². The summed E-state index contributed by atoms with van der Waals surface area (Å²) in [6.07, 6.45) is 5.54. The van der Waals surface area contributed by atoms with Gasteiger partial charge in [0.2, 0.25) is 0 Å². The van der Waals surface area contributed by atoms with Crippen molar-refractivity contribution >= 4 is 34.2 Å². The van der Waals surface area contributed by atoms with Crippen LogP contribution in [0.15, 0.2) is 36.8 Å². The zero-order valence-electron chi connectivity index (χ0n) is 24.6. The molecule has 10 nitrogen and oxygen atoms in total. The highest BCUT2D eigenvalue weighted by Gasteiger charge is 2.28. The maximum atomic E-state index is 16.3. The van der Waals surface area contributed by atoms with Crippen molar-refractivity contribution in [2.24, 2.45) is 0 Å². The summed E-state index contributed by atoms with van der Waals surface area (Å²) in [5.41, 5.74) is 0.657. The van der Waals surface area contributed by atoms with Crippen molar-refractivity contribution in [2.45, 2.75) is 51.7 Å². The predicted molar refractivity (Wildman–Crippen MR) is 160 cm³/mol. The van der Waals surface area contributed by atoms with Crippen molar-refractivity contribution in [3.8, 4) is 27.4 Å². The number of ether oxygens (including phenoxy) is 3. The summed E-state index contributed by atoms with van der Waals surface area (Å²) in [5.74, 6) is -1.54. The summed E-state index contributed by atoms with van der Waals surface area (Å²) >= 11 is 1.44. The molecule has 5 rings (SSSR count). The van der Waals surface area contributed by atoms with Gasteiger partial charge < -0.3 is 24.2 Å². The second-order valence-corrected chi connectivity index (χ2v) is 12.3. The summed E-state index contributed by atoms with van der Waals surface area (Å²) in [6, 6.07) is 4.86. The van der Waals surface area contributed by atoms with Gasteiger partial charge >= 0.3 is 12.1 Å². The second-order valence-electron chi connectivity index (χ2n) is 11.3. The highest BCUT2D eigenvalue weighted by atomic mass is 32.1. The average molecular weight is 609 g/mol. The van der Waals surface area contributed by atoms with Crippen molar-refractivity contribution < 1.29 is 33.3 Å². The fourth-order valence-corrected chi connectivity index (χ4v) is 6.36. The Labute approximate surface area is 252 Å². The number of aromatic nitrogens is 3. The number of nitrogens with zero attached hydrogens (tertiary/aromatic N) is 4. The maximum Gasteiger partial charge on any atom is 0.410 e. The summed E-state index contributed by atoms with van der Waals surface area (Å²) in [5, 5.41) is 10.7. The van der Waals surface area contributed by atoms with E-state index in [0.29, 0.717) is 46.2 Å². The van der Waals surface area contributed by atoms with E-state index in [1.807, 2.05) is 0 Å². The molecule has 43 heavy (non-hydrogen) atoms. The van der Waals surface area contributed by atoms with E-state index in [-0.39, 0.29) is 23.4 Å². The average Bonchev–Trinajstić information content (AvgIpc) is 3.39. The Morgan fingerprint density at radius 3 is 2.56 bits per heavy atom. The number of carbonyl (C=O) groups is 2. The lowest BCUT2D eigenvalue weighted by Crippen LogP contribution is -2.34. The van der Waals surface area contributed by atoms with Crippen LogP contribution >= 0.6 is 11.3 Å². The summed E-state index contributed by atoms with van der Waals surface area (Å²) in [6.45, 7) is 6.85. The molecule has 1 N–H and O–H groups in total. The Balaban J connectivity index is 1.64. The molecule has 4 aromatic rings. The van der Waals surface area contributed by atoms with Crippen LogP contribution in [0.1, 0.15) is 60.6 Å². The normalized spacial score (nSPS) is 14.1. The number of benzene rings is 1. The summed E-state index contributed by atoms with van der Waals surface area (Å²) in [4.78, 5) is 40.6. The van der Waals surface area contributed by atoms with Crippen LogP contribution in [0.25, 0.3) is 32.5 Å². The summed E-state index contributed by atoms with van der Waals surface area (Å²) in [7, 11) is 3.12. The molecule has 0 unspecified atom stereocenters. The van der Waals surface area contributed by atoms with Crippen molar-refractivity contribution in [1.82, 2.24) is 19.9 Å². The highest BCUT2D eigenvalue weighted by Crippen LogP contribution is 2.42. The topological polar surface area (TPSA) is 124 Å². The molecule has 0 saturated carbocycles. The van der Waals surface area contributed by atoms with E-state index < -0.39 is 29.2 Å². The van der Waals surface area contributed by atoms with E-state index in [1.54, 1.807) is 46.0 Å². The van der Waals surface area contributed by atoms with E-state index in [9.17, 15) is 14.7 Å². The lowest BCUT2D eigenvalue weighted by Gasteiger charge is -2.25. The van der Waals surface area contributed by atoms with Crippen molar-refractivity contribution in [2.75, 3.05) is 27.4 Å². The first kappa shape index (κ1) is 30.3. The van der Waals surface area contributed by atoms with Gasteiger partial charge in [-0.25, -0.2) is 23.9 Å². The molecule has 1 aliphatic heterocycles. The molecule has 1 amide bonds. The van der Waals surface area contributed by atoms with Crippen LogP contribution in [0, 0.1) is 5.82 Å². The van der Waals surface area contributed by atoms with E-state index in [0.717, 1.165) is 17.7 Å². The molecule has 1 aliphatic rings. The molecule has 3 aromatic heterocycles. The van der Waals surface area contributed by atoms with Gasteiger partial charge in [-0.2, -0.15) is 0 Å². The molecule has 0 atom stereocenters. The molecule has 1 fully saturated rings. The smallest absolute Gasteiger partial charge is 0.410 e.